The third-order valence-corrected chi connectivity index (χ3v) is 10.5. The molecule has 40 heavy (non-hydrogen) atoms. The number of benzene rings is 2. The van der Waals surface area contributed by atoms with Crippen LogP contribution in [-0.2, 0) is 16.2 Å². The van der Waals surface area contributed by atoms with E-state index in [1.54, 1.807) is 0 Å². The van der Waals surface area contributed by atoms with E-state index >= 15 is 0 Å². The van der Waals surface area contributed by atoms with Gasteiger partial charge in [-0.1, -0.05) is 42.5 Å². The van der Waals surface area contributed by atoms with E-state index in [2.05, 4.69) is 60.1 Å². The monoisotopic (exact) mass is 573 g/mol. The quantitative estimate of drug-likeness (QED) is 0.448. The lowest BCUT2D eigenvalue weighted by Gasteiger charge is -2.57. The van der Waals surface area contributed by atoms with Crippen LogP contribution in [-0.4, -0.2) is 66.0 Å². The molecule has 2 aromatic carbocycles. The molecule has 3 aromatic rings. The summed E-state index contributed by atoms with van der Waals surface area (Å²) in [6.07, 6.45) is -3.29. The van der Waals surface area contributed by atoms with E-state index in [4.69, 9.17) is 0 Å². The second-order valence-electron chi connectivity index (χ2n) is 10.8. The first kappa shape index (κ1) is 28.7. The molecule has 0 radical (unpaired) electrons. The molecular formula is C30H34F3N3O3S. The topological polar surface area (TPSA) is 73.7 Å². The number of hydrogen-bond donors (Lipinski definition) is 1. The number of nitrogens with zero attached hydrogens (tertiary/aromatic N) is 3. The van der Waals surface area contributed by atoms with Gasteiger partial charge in [-0.15, -0.1) is 0 Å². The van der Waals surface area contributed by atoms with Crippen LogP contribution in [0.25, 0.3) is 11.1 Å². The highest BCUT2D eigenvalue weighted by Crippen LogP contribution is 2.43. The van der Waals surface area contributed by atoms with Crippen molar-refractivity contribution in [2.24, 2.45) is 0 Å². The summed E-state index contributed by atoms with van der Waals surface area (Å²) in [5.74, 6) is -0.0831. The van der Waals surface area contributed by atoms with Crippen molar-refractivity contribution >= 4 is 10.0 Å². The van der Waals surface area contributed by atoms with Gasteiger partial charge in [0.2, 0.25) is 10.0 Å². The van der Waals surface area contributed by atoms with Crippen molar-refractivity contribution in [3.05, 3.63) is 82.7 Å². The van der Waals surface area contributed by atoms with Crippen LogP contribution in [0.2, 0.25) is 0 Å². The van der Waals surface area contributed by atoms with Crippen LogP contribution in [0.15, 0.2) is 59.5 Å². The Hall–Kier alpha value is -2.79. The van der Waals surface area contributed by atoms with Crippen LogP contribution >= 0.6 is 0 Å². The summed E-state index contributed by atoms with van der Waals surface area (Å²) in [6.45, 7) is 6.64. The predicted octanol–water partition coefficient (Wildman–Crippen LogP) is 5.31. The Bertz CT molecular complexity index is 1490. The molecule has 0 spiro atoms. The Morgan fingerprint density at radius 3 is 2.33 bits per heavy atom. The van der Waals surface area contributed by atoms with E-state index in [-0.39, 0.29) is 48.3 Å². The zero-order valence-corrected chi connectivity index (χ0v) is 23.6. The lowest BCUT2D eigenvalue weighted by molar-refractivity contribution is -0.141. The molecule has 2 saturated heterocycles. The van der Waals surface area contributed by atoms with Crippen LogP contribution < -0.4 is 0 Å². The Kier molecular flexibility index (Phi) is 7.82. The molecule has 2 aliphatic heterocycles. The Balaban J connectivity index is 1.44. The number of sulfonamides is 1. The molecule has 0 aliphatic carbocycles. The van der Waals surface area contributed by atoms with Gasteiger partial charge in [0.05, 0.1) is 12.3 Å². The Morgan fingerprint density at radius 2 is 1.68 bits per heavy atom. The highest BCUT2D eigenvalue weighted by molar-refractivity contribution is 7.89. The van der Waals surface area contributed by atoms with E-state index in [1.165, 1.54) is 22.4 Å². The number of aliphatic hydroxyl groups excluding tert-OH is 1. The minimum atomic E-state index is -4.65. The maximum atomic E-state index is 13.7. The second kappa shape index (κ2) is 10.9. The number of pyridine rings is 1. The molecule has 0 saturated carbocycles. The fourth-order valence-corrected chi connectivity index (χ4v) is 7.85. The molecule has 1 N–H and O–H groups in total. The number of halogens is 3. The van der Waals surface area contributed by atoms with Gasteiger partial charge in [0.15, 0.2) is 0 Å². The summed E-state index contributed by atoms with van der Waals surface area (Å²) >= 11 is 0. The number of rotatable bonds is 5. The maximum Gasteiger partial charge on any atom is 0.433 e. The molecule has 6 nitrogen and oxygen atoms in total. The van der Waals surface area contributed by atoms with E-state index in [9.17, 15) is 26.7 Å². The van der Waals surface area contributed by atoms with Crippen molar-refractivity contribution < 1.29 is 26.7 Å². The van der Waals surface area contributed by atoms with Crippen LogP contribution in [0.5, 0.6) is 0 Å². The molecule has 2 fully saturated rings. The lowest BCUT2D eigenvalue weighted by Crippen LogP contribution is -2.67. The zero-order valence-electron chi connectivity index (χ0n) is 22.8. The molecule has 3 atom stereocenters. The second-order valence-corrected chi connectivity index (χ2v) is 12.7. The van der Waals surface area contributed by atoms with Crippen molar-refractivity contribution in [1.29, 1.82) is 0 Å². The average molecular weight is 574 g/mol. The fraction of sp³-hybridized carbons (Fsp3) is 0.433. The maximum absolute atomic E-state index is 13.7. The molecule has 5 rings (SSSR count). The molecular weight excluding hydrogens is 539 g/mol. The first-order valence-corrected chi connectivity index (χ1v) is 15.0. The third-order valence-electron chi connectivity index (χ3n) is 8.49. The SMILES string of the molecule is Cc1cccc(-c2ccc([C@H]3C4CN(S(=O)(=O)c5ccc(C(F)(F)F)nc5C)CCCCN4[C@@H]3CO)cc2)c1C. The van der Waals surface area contributed by atoms with E-state index < -0.39 is 21.9 Å². The molecule has 0 bridgehead atoms. The van der Waals surface area contributed by atoms with Gasteiger partial charge in [0.25, 0.3) is 0 Å². The van der Waals surface area contributed by atoms with Crippen LogP contribution in [0, 0.1) is 20.8 Å². The summed E-state index contributed by atoms with van der Waals surface area (Å²) in [7, 11) is -4.08. The number of alkyl halides is 3. The number of aliphatic hydroxyl groups is 1. The van der Waals surface area contributed by atoms with Gasteiger partial charge in [0.1, 0.15) is 10.6 Å². The average Bonchev–Trinajstić information content (AvgIpc) is 2.89. The third kappa shape index (κ3) is 5.18. The summed E-state index contributed by atoms with van der Waals surface area (Å²) < 4.78 is 68.2. The van der Waals surface area contributed by atoms with Crippen molar-refractivity contribution in [3.8, 4) is 11.1 Å². The molecule has 10 heteroatoms. The van der Waals surface area contributed by atoms with Crippen LogP contribution in [0.3, 0.4) is 0 Å². The zero-order chi connectivity index (χ0) is 28.8. The fourth-order valence-electron chi connectivity index (χ4n) is 6.19. The molecule has 0 amide bonds. The molecule has 2 aliphatic rings. The standard InChI is InChI=1S/C30H34F3N3O3S/c1-19-7-6-8-24(20(19)2)22-9-11-23(12-10-22)29-25-17-35(15-4-5-16-36(25)26(29)18-37)40(38,39)27-13-14-28(30(31,32)33)34-21(27)3/h6-14,25-26,29,37H,4-5,15-18H2,1-3H3/t25?,26-,29+/m1/s1. The minimum absolute atomic E-state index is 0.0470. The van der Waals surface area contributed by atoms with Crippen molar-refractivity contribution in [2.45, 2.75) is 62.7 Å². The van der Waals surface area contributed by atoms with Crippen LogP contribution in [0.4, 0.5) is 13.2 Å². The van der Waals surface area contributed by atoms with E-state index in [0.717, 1.165) is 41.8 Å². The van der Waals surface area contributed by atoms with Crippen molar-refractivity contribution in [1.82, 2.24) is 14.2 Å². The molecule has 3 heterocycles. The van der Waals surface area contributed by atoms with Gasteiger partial charge < -0.3 is 5.11 Å². The normalized spacial score (nSPS) is 22.7. The van der Waals surface area contributed by atoms with Crippen molar-refractivity contribution in [2.75, 3.05) is 26.2 Å². The highest BCUT2D eigenvalue weighted by atomic mass is 32.2. The largest absolute Gasteiger partial charge is 0.433 e. The number of aromatic nitrogens is 1. The van der Waals surface area contributed by atoms with Crippen molar-refractivity contribution in [3.63, 3.8) is 0 Å². The smallest absolute Gasteiger partial charge is 0.395 e. The summed E-state index contributed by atoms with van der Waals surface area (Å²) in [4.78, 5) is 5.51. The highest BCUT2D eigenvalue weighted by Gasteiger charge is 2.50. The van der Waals surface area contributed by atoms with Gasteiger partial charge >= 0.3 is 6.18 Å². The van der Waals surface area contributed by atoms with Gasteiger partial charge in [-0.3, -0.25) is 4.90 Å². The van der Waals surface area contributed by atoms with Gasteiger partial charge in [-0.25, -0.2) is 13.4 Å². The number of aryl methyl sites for hydroxylation is 2. The Morgan fingerprint density at radius 1 is 0.975 bits per heavy atom. The van der Waals surface area contributed by atoms with E-state index in [1.807, 2.05) is 6.07 Å². The van der Waals surface area contributed by atoms with E-state index in [0.29, 0.717) is 6.42 Å². The predicted molar refractivity (Wildman–Crippen MR) is 147 cm³/mol. The van der Waals surface area contributed by atoms with Gasteiger partial charge in [0, 0.05) is 31.1 Å². The van der Waals surface area contributed by atoms with Crippen LogP contribution in [0.1, 0.15) is 46.8 Å². The summed E-state index contributed by atoms with van der Waals surface area (Å²) in [6, 6.07) is 15.9. The summed E-state index contributed by atoms with van der Waals surface area (Å²) in [5, 5.41) is 10.3. The van der Waals surface area contributed by atoms with Gasteiger partial charge in [-0.05, 0) is 80.1 Å². The summed E-state index contributed by atoms with van der Waals surface area (Å²) in [5.41, 5.74) is 4.42. The first-order chi connectivity index (χ1) is 18.9. The lowest BCUT2D eigenvalue weighted by atomic mass is 9.74. The number of hydrogen-bond acceptors (Lipinski definition) is 5. The molecule has 1 aromatic heterocycles. The Labute approximate surface area is 233 Å². The van der Waals surface area contributed by atoms with Gasteiger partial charge in [-0.2, -0.15) is 17.5 Å². The minimum Gasteiger partial charge on any atom is -0.395 e. The first-order valence-electron chi connectivity index (χ1n) is 13.5. The number of fused-ring (bicyclic) bond motifs is 1. The molecule has 214 valence electrons. The molecule has 1 unspecified atom stereocenters.